The van der Waals surface area contributed by atoms with Crippen LogP contribution in [0.4, 0.5) is 11.5 Å². The Morgan fingerprint density at radius 2 is 2.05 bits per heavy atom. The van der Waals surface area contributed by atoms with Crippen molar-refractivity contribution in [3.8, 4) is 0 Å². The molecule has 9 heteroatoms. The zero-order valence-electron chi connectivity index (χ0n) is 11.4. The SMILES string of the molecule is O=IN(O)c1cnc(Cl)nc1NCC1CCC(CO)CC1. The molecule has 21 heavy (non-hydrogen) atoms. The predicted octanol–water partition coefficient (Wildman–Crippen LogP) is 2.77. The van der Waals surface area contributed by atoms with Gasteiger partial charge in [-0.15, -0.1) is 0 Å². The lowest BCUT2D eigenvalue weighted by molar-refractivity contribution is 0.170. The first-order chi connectivity index (χ1) is 10.1. The second-order valence-electron chi connectivity index (χ2n) is 5.15. The van der Waals surface area contributed by atoms with E-state index in [4.69, 9.17) is 16.7 Å². The van der Waals surface area contributed by atoms with E-state index in [2.05, 4.69) is 15.3 Å². The van der Waals surface area contributed by atoms with Gasteiger partial charge in [-0.3, -0.25) is 5.21 Å². The fraction of sp³-hybridized carbons (Fsp3) is 0.667. The summed E-state index contributed by atoms with van der Waals surface area (Å²) in [6, 6.07) is 0. The molecule has 0 amide bonds. The molecule has 7 nitrogen and oxygen atoms in total. The number of hydrogen-bond acceptors (Lipinski definition) is 6. The van der Waals surface area contributed by atoms with Gasteiger partial charge in [0.15, 0.2) is 5.82 Å². The topological polar surface area (TPSA) is 98.6 Å². The number of hydrogen-bond donors (Lipinski definition) is 3. The van der Waals surface area contributed by atoms with Gasteiger partial charge in [0.25, 0.3) is 21.5 Å². The second-order valence-corrected chi connectivity index (χ2v) is 6.80. The Morgan fingerprint density at radius 1 is 1.38 bits per heavy atom. The Hall–Kier alpha value is -0.580. The molecule has 2 rings (SSSR count). The van der Waals surface area contributed by atoms with Crippen LogP contribution in [0.3, 0.4) is 0 Å². The molecule has 1 aliphatic carbocycles. The highest BCUT2D eigenvalue weighted by atomic mass is 127. The highest BCUT2D eigenvalue weighted by Gasteiger charge is 2.21. The lowest BCUT2D eigenvalue weighted by Crippen LogP contribution is -2.23. The van der Waals surface area contributed by atoms with Gasteiger partial charge >= 0.3 is 0 Å². The fourth-order valence-corrected chi connectivity index (χ4v) is 3.21. The number of aliphatic hydroxyl groups excluding tert-OH is 1. The van der Waals surface area contributed by atoms with Gasteiger partial charge in [-0.25, -0.2) is 8.05 Å². The number of nitrogens with one attached hydrogen (secondary N) is 1. The van der Waals surface area contributed by atoms with Gasteiger partial charge in [0.1, 0.15) is 5.69 Å². The third-order valence-corrected chi connectivity index (χ3v) is 4.86. The number of rotatable bonds is 6. The molecule has 1 heterocycles. The minimum atomic E-state index is -1.75. The van der Waals surface area contributed by atoms with Crippen LogP contribution in [-0.4, -0.2) is 33.4 Å². The van der Waals surface area contributed by atoms with E-state index in [1.54, 1.807) is 0 Å². The maximum absolute atomic E-state index is 10.9. The third-order valence-electron chi connectivity index (χ3n) is 3.79. The lowest BCUT2D eigenvalue weighted by atomic mass is 9.82. The maximum Gasteiger partial charge on any atom is 0.300 e. The largest absolute Gasteiger partial charge is 0.396 e. The van der Waals surface area contributed by atoms with Crippen LogP contribution in [0.15, 0.2) is 6.20 Å². The van der Waals surface area contributed by atoms with Crippen molar-refractivity contribution >= 4 is 44.6 Å². The summed E-state index contributed by atoms with van der Waals surface area (Å²) in [7, 11) is 0. The van der Waals surface area contributed by atoms with E-state index in [1.807, 2.05) is 0 Å². The van der Waals surface area contributed by atoms with Crippen LogP contribution in [-0.2, 0) is 3.07 Å². The summed E-state index contributed by atoms with van der Waals surface area (Å²) in [5.74, 6) is 1.30. The first-order valence-electron chi connectivity index (χ1n) is 6.77. The van der Waals surface area contributed by atoms with Gasteiger partial charge < -0.3 is 10.4 Å². The van der Waals surface area contributed by atoms with Gasteiger partial charge in [-0.1, -0.05) is 0 Å². The molecule has 1 fully saturated rings. The van der Waals surface area contributed by atoms with E-state index in [9.17, 15) is 8.28 Å². The Labute approximate surface area is 138 Å². The van der Waals surface area contributed by atoms with Crippen molar-refractivity contribution in [1.82, 2.24) is 9.97 Å². The first-order valence-corrected chi connectivity index (χ1v) is 9.00. The quantitative estimate of drug-likeness (QED) is 0.277. The average molecular weight is 429 g/mol. The third kappa shape index (κ3) is 4.70. The van der Waals surface area contributed by atoms with Crippen molar-refractivity contribution in [3.05, 3.63) is 11.5 Å². The van der Waals surface area contributed by atoms with Crippen LogP contribution in [0.1, 0.15) is 25.7 Å². The number of anilines is 2. The summed E-state index contributed by atoms with van der Waals surface area (Å²) >= 11 is 4.02. The molecule has 0 saturated heterocycles. The normalized spacial score (nSPS) is 22.0. The summed E-state index contributed by atoms with van der Waals surface area (Å²) in [6.45, 7) is 0.960. The fourth-order valence-electron chi connectivity index (χ4n) is 2.52. The molecular weight excluding hydrogens is 411 g/mol. The first kappa shape index (κ1) is 16.8. The van der Waals surface area contributed by atoms with Gasteiger partial charge in [-0.05, 0) is 49.1 Å². The molecule has 1 aromatic heterocycles. The van der Waals surface area contributed by atoms with Crippen molar-refractivity contribution in [2.24, 2.45) is 11.8 Å². The molecule has 118 valence electrons. The average Bonchev–Trinajstić information content (AvgIpc) is 2.52. The molecule has 0 radical (unpaired) electrons. The van der Waals surface area contributed by atoms with Gasteiger partial charge in [0.05, 0.1) is 6.20 Å². The van der Waals surface area contributed by atoms with Crippen LogP contribution < -0.4 is 8.59 Å². The van der Waals surface area contributed by atoms with E-state index in [0.29, 0.717) is 27.5 Å². The van der Waals surface area contributed by atoms with Crippen molar-refractivity contribution in [3.63, 3.8) is 0 Å². The second kappa shape index (κ2) is 8.16. The maximum atomic E-state index is 10.9. The number of aromatic nitrogens is 2. The molecule has 0 aliphatic heterocycles. The number of aliphatic hydroxyl groups is 1. The van der Waals surface area contributed by atoms with E-state index in [-0.39, 0.29) is 17.6 Å². The highest BCUT2D eigenvalue weighted by molar-refractivity contribution is 14.1. The zero-order chi connectivity index (χ0) is 15.2. The van der Waals surface area contributed by atoms with Gasteiger partial charge in [0.2, 0.25) is 5.28 Å². The zero-order valence-corrected chi connectivity index (χ0v) is 14.3. The number of nitrogens with zero attached hydrogens (tertiary/aromatic N) is 3. The Kier molecular flexibility index (Phi) is 6.52. The molecule has 1 aliphatic rings. The summed E-state index contributed by atoms with van der Waals surface area (Å²) in [4.78, 5) is 7.83. The van der Waals surface area contributed by atoms with Crippen molar-refractivity contribution in [1.29, 1.82) is 0 Å². The van der Waals surface area contributed by atoms with Crippen LogP contribution in [0, 0.1) is 11.8 Å². The van der Waals surface area contributed by atoms with Crippen LogP contribution in [0.25, 0.3) is 0 Å². The molecule has 1 saturated carbocycles. The van der Waals surface area contributed by atoms with E-state index >= 15 is 0 Å². The van der Waals surface area contributed by atoms with Crippen molar-refractivity contribution in [2.45, 2.75) is 25.7 Å². The van der Waals surface area contributed by atoms with E-state index < -0.39 is 21.5 Å². The minimum Gasteiger partial charge on any atom is -0.396 e. The van der Waals surface area contributed by atoms with Crippen molar-refractivity contribution in [2.75, 3.05) is 21.7 Å². The Morgan fingerprint density at radius 3 is 2.67 bits per heavy atom. The smallest absolute Gasteiger partial charge is 0.300 e. The van der Waals surface area contributed by atoms with E-state index in [1.165, 1.54) is 6.20 Å². The molecule has 0 unspecified atom stereocenters. The van der Waals surface area contributed by atoms with E-state index in [0.717, 1.165) is 25.7 Å². The molecule has 1 aromatic rings. The predicted molar refractivity (Wildman–Crippen MR) is 87.0 cm³/mol. The molecule has 0 atom stereocenters. The highest BCUT2D eigenvalue weighted by Crippen LogP contribution is 2.31. The molecule has 0 bridgehead atoms. The van der Waals surface area contributed by atoms with Gasteiger partial charge in [0, 0.05) is 13.2 Å². The Balaban J connectivity index is 1.96. The number of halogens is 2. The Bertz CT molecular complexity index is 486. The standard InChI is InChI=1S/C12H18ClIN4O3/c13-12-16-6-10(18(21)14-20)11(17-12)15-5-8-1-3-9(7-19)4-2-8/h6,8-9,19,21H,1-5,7H2,(H,15,16,17). The minimum absolute atomic E-state index is 0.0720. The van der Waals surface area contributed by atoms with Crippen molar-refractivity contribution < 1.29 is 13.4 Å². The molecule has 0 spiro atoms. The lowest BCUT2D eigenvalue weighted by Gasteiger charge is -2.27. The molecule has 3 N–H and O–H groups in total. The van der Waals surface area contributed by atoms with Crippen LogP contribution in [0.2, 0.25) is 5.28 Å². The van der Waals surface area contributed by atoms with Crippen LogP contribution in [0.5, 0.6) is 0 Å². The monoisotopic (exact) mass is 428 g/mol. The van der Waals surface area contributed by atoms with Crippen LogP contribution >= 0.6 is 33.1 Å². The molecular formula is C12H18ClIN4O3. The summed E-state index contributed by atoms with van der Waals surface area (Å²) < 4.78 is 11.5. The summed E-state index contributed by atoms with van der Waals surface area (Å²) in [5, 5.41) is 21.9. The summed E-state index contributed by atoms with van der Waals surface area (Å²) in [6.07, 6.45) is 5.49. The van der Waals surface area contributed by atoms with Gasteiger partial charge in [-0.2, -0.15) is 8.26 Å². The molecule has 0 aromatic carbocycles. The summed E-state index contributed by atoms with van der Waals surface area (Å²) in [5.41, 5.74) is 0.270.